The van der Waals surface area contributed by atoms with Gasteiger partial charge in [0.15, 0.2) is 0 Å². The molecule has 0 aliphatic carbocycles. The smallest absolute Gasteiger partial charge is 0.146 e. The summed E-state index contributed by atoms with van der Waals surface area (Å²) in [5, 5.41) is 4.05. The quantitative estimate of drug-likeness (QED) is 0.698. The van der Waals surface area contributed by atoms with Crippen molar-refractivity contribution in [1.29, 1.82) is 0 Å². The minimum Gasteiger partial charge on any atom is -0.366 e. The summed E-state index contributed by atoms with van der Waals surface area (Å²) in [5.74, 6) is 1.48. The molecule has 0 amide bonds. The van der Waals surface area contributed by atoms with E-state index in [2.05, 4.69) is 25.1 Å². The Morgan fingerprint density at radius 2 is 1.64 bits per heavy atom. The first-order valence-corrected chi connectivity index (χ1v) is 9.61. The number of nitrogens with zero attached hydrogens (tertiary/aromatic N) is 4. The van der Waals surface area contributed by atoms with Gasteiger partial charge in [0, 0.05) is 43.8 Å². The van der Waals surface area contributed by atoms with Gasteiger partial charge in [-0.1, -0.05) is 35.9 Å². The monoisotopic (exact) mass is 397 g/mol. The second kappa shape index (κ2) is 8.44. The van der Waals surface area contributed by atoms with Crippen molar-refractivity contribution in [3.05, 3.63) is 77.3 Å². The fourth-order valence-electron chi connectivity index (χ4n) is 3.30. The predicted molar refractivity (Wildman–Crippen MR) is 112 cm³/mol. The first-order chi connectivity index (χ1) is 13.7. The van der Waals surface area contributed by atoms with Crippen molar-refractivity contribution in [2.75, 3.05) is 41.3 Å². The fourth-order valence-corrected chi connectivity index (χ4v) is 3.42. The maximum absolute atomic E-state index is 14.0. The lowest BCUT2D eigenvalue weighted by Gasteiger charge is -2.36. The van der Waals surface area contributed by atoms with Gasteiger partial charge in [-0.25, -0.2) is 14.4 Å². The van der Waals surface area contributed by atoms with Gasteiger partial charge in [0.2, 0.25) is 0 Å². The topological polar surface area (TPSA) is 44.3 Å². The zero-order valence-electron chi connectivity index (χ0n) is 15.4. The number of hydrogen-bond donors (Lipinski definition) is 1. The van der Waals surface area contributed by atoms with Crippen molar-refractivity contribution in [3.63, 3.8) is 0 Å². The van der Waals surface area contributed by atoms with Gasteiger partial charge in [0.25, 0.3) is 0 Å². The Hall–Kier alpha value is -2.86. The minimum absolute atomic E-state index is 0.174. The van der Waals surface area contributed by atoms with Gasteiger partial charge in [-0.15, -0.1) is 0 Å². The van der Waals surface area contributed by atoms with E-state index in [0.29, 0.717) is 12.2 Å². The summed E-state index contributed by atoms with van der Waals surface area (Å²) in [6, 6.07) is 16.6. The van der Waals surface area contributed by atoms with Gasteiger partial charge in [-0.3, -0.25) is 0 Å². The Morgan fingerprint density at radius 3 is 2.39 bits per heavy atom. The van der Waals surface area contributed by atoms with Gasteiger partial charge < -0.3 is 15.1 Å². The van der Waals surface area contributed by atoms with Crippen LogP contribution in [-0.2, 0) is 6.54 Å². The third-order valence-electron chi connectivity index (χ3n) is 4.84. The number of hydrogen-bond acceptors (Lipinski definition) is 5. The molecule has 5 nitrogen and oxygen atoms in total. The van der Waals surface area contributed by atoms with Crippen molar-refractivity contribution >= 4 is 28.9 Å². The molecule has 2 aromatic carbocycles. The van der Waals surface area contributed by atoms with Gasteiger partial charge >= 0.3 is 0 Å². The number of anilines is 3. The maximum atomic E-state index is 14.0. The average molecular weight is 398 g/mol. The zero-order chi connectivity index (χ0) is 19.3. The summed E-state index contributed by atoms with van der Waals surface area (Å²) in [4.78, 5) is 13.0. The molecule has 0 atom stereocenters. The van der Waals surface area contributed by atoms with E-state index in [1.54, 1.807) is 12.4 Å². The molecular weight excluding hydrogens is 377 g/mol. The van der Waals surface area contributed by atoms with Crippen molar-refractivity contribution in [2.24, 2.45) is 0 Å². The Balaban J connectivity index is 1.37. The molecule has 0 saturated carbocycles. The molecule has 1 saturated heterocycles. The largest absolute Gasteiger partial charge is 0.366 e. The number of benzene rings is 2. The fraction of sp³-hybridized carbons (Fsp3) is 0.238. The average Bonchev–Trinajstić information content (AvgIpc) is 2.74. The normalized spacial score (nSPS) is 14.2. The van der Waals surface area contributed by atoms with Crippen LogP contribution in [0.3, 0.4) is 0 Å². The van der Waals surface area contributed by atoms with Crippen LogP contribution >= 0.6 is 11.6 Å². The van der Waals surface area contributed by atoms with E-state index in [1.807, 2.05) is 42.5 Å². The lowest BCUT2D eigenvalue weighted by molar-refractivity contribution is 0.596. The van der Waals surface area contributed by atoms with E-state index in [9.17, 15) is 4.39 Å². The zero-order valence-corrected chi connectivity index (χ0v) is 16.1. The van der Waals surface area contributed by atoms with Crippen LogP contribution in [0.2, 0.25) is 5.02 Å². The molecule has 7 heteroatoms. The third kappa shape index (κ3) is 4.34. The second-order valence-corrected chi connectivity index (χ2v) is 7.10. The number of para-hydroxylation sites is 1. The molecule has 1 fully saturated rings. The lowest BCUT2D eigenvalue weighted by Crippen LogP contribution is -2.47. The van der Waals surface area contributed by atoms with Gasteiger partial charge in [-0.05, 0) is 29.8 Å². The predicted octanol–water partition coefficient (Wildman–Crippen LogP) is 4.21. The maximum Gasteiger partial charge on any atom is 0.146 e. The van der Waals surface area contributed by atoms with E-state index in [4.69, 9.17) is 11.6 Å². The van der Waals surface area contributed by atoms with Crippen LogP contribution in [0.5, 0.6) is 0 Å². The van der Waals surface area contributed by atoms with E-state index in [1.165, 1.54) is 6.07 Å². The molecule has 1 aliphatic rings. The van der Waals surface area contributed by atoms with Crippen LogP contribution in [0.25, 0.3) is 0 Å². The van der Waals surface area contributed by atoms with Crippen molar-refractivity contribution in [2.45, 2.75) is 6.54 Å². The van der Waals surface area contributed by atoms with E-state index < -0.39 is 0 Å². The lowest BCUT2D eigenvalue weighted by atomic mass is 10.2. The van der Waals surface area contributed by atoms with Crippen LogP contribution in [0.4, 0.5) is 21.7 Å². The molecule has 4 rings (SSSR count). The molecule has 1 aliphatic heterocycles. The summed E-state index contributed by atoms with van der Waals surface area (Å²) in [6.07, 6.45) is 1.57. The molecule has 28 heavy (non-hydrogen) atoms. The molecule has 2 heterocycles. The first kappa shape index (κ1) is 18.5. The number of rotatable bonds is 5. The van der Waals surface area contributed by atoms with E-state index in [-0.39, 0.29) is 5.82 Å². The van der Waals surface area contributed by atoms with Gasteiger partial charge in [-0.2, -0.15) is 0 Å². The van der Waals surface area contributed by atoms with Crippen molar-refractivity contribution in [1.82, 2.24) is 9.97 Å². The minimum atomic E-state index is -0.174. The van der Waals surface area contributed by atoms with E-state index in [0.717, 1.165) is 48.4 Å². The van der Waals surface area contributed by atoms with Gasteiger partial charge in [0.05, 0.1) is 5.69 Å². The molecule has 0 radical (unpaired) electrons. The molecule has 1 N–H and O–H groups in total. The molecule has 3 aromatic rings. The summed E-state index contributed by atoms with van der Waals surface area (Å²) in [5.41, 5.74) is 1.79. The number of nitrogens with one attached hydrogen (secondary N) is 1. The highest BCUT2D eigenvalue weighted by Gasteiger charge is 2.20. The van der Waals surface area contributed by atoms with Crippen LogP contribution in [-0.4, -0.2) is 36.1 Å². The third-order valence-corrected chi connectivity index (χ3v) is 5.09. The molecule has 0 unspecified atom stereocenters. The Bertz CT molecular complexity index is 926. The van der Waals surface area contributed by atoms with Crippen molar-refractivity contribution in [3.8, 4) is 0 Å². The highest BCUT2D eigenvalue weighted by Crippen LogP contribution is 2.22. The summed E-state index contributed by atoms with van der Waals surface area (Å²) in [7, 11) is 0. The molecular formula is C21H21ClFN5. The van der Waals surface area contributed by atoms with E-state index >= 15 is 0 Å². The Kier molecular flexibility index (Phi) is 5.58. The summed E-state index contributed by atoms with van der Waals surface area (Å²) < 4.78 is 14.0. The summed E-state index contributed by atoms with van der Waals surface area (Å²) in [6.45, 7) is 3.72. The molecule has 1 aromatic heterocycles. The van der Waals surface area contributed by atoms with Crippen LogP contribution in [0, 0.1) is 5.82 Å². The summed E-state index contributed by atoms with van der Waals surface area (Å²) >= 11 is 5.92. The SMILES string of the molecule is Fc1ccccc1N1CCN(c2cc(NCc3ccc(Cl)cc3)ncn2)CC1. The Morgan fingerprint density at radius 1 is 0.929 bits per heavy atom. The second-order valence-electron chi connectivity index (χ2n) is 6.67. The molecule has 0 spiro atoms. The van der Waals surface area contributed by atoms with Crippen LogP contribution < -0.4 is 15.1 Å². The van der Waals surface area contributed by atoms with Gasteiger partial charge in [0.1, 0.15) is 23.8 Å². The molecule has 144 valence electrons. The van der Waals surface area contributed by atoms with Crippen LogP contribution in [0.15, 0.2) is 60.9 Å². The first-order valence-electron chi connectivity index (χ1n) is 9.24. The molecule has 0 bridgehead atoms. The number of aromatic nitrogens is 2. The number of halogens is 2. The standard InChI is InChI=1S/C21H21ClFN5/c22-17-7-5-16(6-8-17)14-24-20-13-21(26-15-25-20)28-11-9-27(10-12-28)19-4-2-1-3-18(19)23/h1-8,13,15H,9-12,14H2,(H,24,25,26). The Labute approximate surface area is 168 Å². The highest BCUT2D eigenvalue weighted by atomic mass is 35.5. The van der Waals surface area contributed by atoms with Crippen molar-refractivity contribution < 1.29 is 4.39 Å². The number of piperazine rings is 1. The van der Waals surface area contributed by atoms with Crippen LogP contribution in [0.1, 0.15) is 5.56 Å². The highest BCUT2D eigenvalue weighted by molar-refractivity contribution is 6.30.